The molecule has 18 heavy (non-hydrogen) atoms. The summed E-state index contributed by atoms with van der Waals surface area (Å²) < 4.78 is 5.19. The number of carbonyl (C=O) groups excluding carboxylic acids is 1. The first kappa shape index (κ1) is 14.7. The van der Waals surface area contributed by atoms with Gasteiger partial charge in [-0.1, -0.05) is 0 Å². The summed E-state index contributed by atoms with van der Waals surface area (Å²) in [5, 5.41) is 3.28. The smallest absolute Gasteiger partial charge is 0.179 e. The summed E-state index contributed by atoms with van der Waals surface area (Å²) >= 11 is 0. The summed E-state index contributed by atoms with van der Waals surface area (Å²) in [5.41, 5.74) is 1.63. The number of nitrogens with one attached hydrogen (secondary N) is 1. The second kappa shape index (κ2) is 5.53. The summed E-state index contributed by atoms with van der Waals surface area (Å²) in [6.45, 7) is 9.99. The van der Waals surface area contributed by atoms with Crippen LogP contribution in [0.5, 0.6) is 5.75 Å². The van der Waals surface area contributed by atoms with Crippen LogP contribution in [0.3, 0.4) is 0 Å². The number of benzene rings is 1. The van der Waals surface area contributed by atoms with Crippen LogP contribution in [0, 0.1) is 6.92 Å². The number of rotatable bonds is 4. The van der Waals surface area contributed by atoms with Crippen LogP contribution in [-0.2, 0) is 0 Å². The first-order valence-electron chi connectivity index (χ1n) is 6.21. The zero-order chi connectivity index (χ0) is 13.9. The Morgan fingerprint density at radius 2 is 1.94 bits per heavy atom. The van der Waals surface area contributed by atoms with Crippen molar-refractivity contribution in [2.45, 2.75) is 46.2 Å². The molecule has 1 atom stereocenters. The second-order valence-electron chi connectivity index (χ2n) is 5.66. The molecule has 1 unspecified atom stereocenters. The molecule has 0 radical (unpaired) electrons. The van der Waals surface area contributed by atoms with Gasteiger partial charge in [-0.05, 0) is 58.4 Å². The molecule has 0 spiro atoms. The average molecular weight is 249 g/mol. The van der Waals surface area contributed by atoms with Crippen molar-refractivity contribution in [1.29, 1.82) is 0 Å². The van der Waals surface area contributed by atoms with Gasteiger partial charge in [0, 0.05) is 11.1 Å². The minimum atomic E-state index is -0.196. The third-order valence-electron chi connectivity index (χ3n) is 2.72. The number of Topliss-reactive ketones (excluding diaryl/α,β-unsaturated/α-hetero) is 1. The Hall–Kier alpha value is -1.35. The second-order valence-corrected chi connectivity index (χ2v) is 5.66. The molecule has 3 nitrogen and oxygen atoms in total. The molecule has 0 heterocycles. The van der Waals surface area contributed by atoms with E-state index in [0.717, 1.165) is 16.9 Å². The van der Waals surface area contributed by atoms with Crippen LogP contribution < -0.4 is 10.1 Å². The molecule has 100 valence electrons. The van der Waals surface area contributed by atoms with E-state index < -0.39 is 0 Å². The monoisotopic (exact) mass is 249 g/mol. The minimum Gasteiger partial charge on any atom is -0.496 e. The average Bonchev–Trinajstić information content (AvgIpc) is 2.25. The molecule has 0 fully saturated rings. The number of hydrogen-bond acceptors (Lipinski definition) is 3. The SMILES string of the molecule is COc1ccc(C(=O)C(C)NC(C)(C)C)cc1C. The summed E-state index contributed by atoms with van der Waals surface area (Å²) in [6.07, 6.45) is 0. The Balaban J connectivity index is 2.87. The Morgan fingerprint density at radius 3 is 2.39 bits per heavy atom. The highest BCUT2D eigenvalue weighted by molar-refractivity contribution is 6.00. The third kappa shape index (κ3) is 3.84. The first-order chi connectivity index (χ1) is 8.24. The third-order valence-corrected chi connectivity index (χ3v) is 2.72. The number of ketones is 1. The number of aryl methyl sites for hydroxylation is 1. The molecule has 0 aliphatic carbocycles. The molecule has 0 amide bonds. The summed E-state index contributed by atoms with van der Waals surface area (Å²) in [7, 11) is 1.63. The van der Waals surface area contributed by atoms with Crippen LogP contribution in [0.1, 0.15) is 43.6 Å². The first-order valence-corrected chi connectivity index (χ1v) is 6.21. The van der Waals surface area contributed by atoms with Gasteiger partial charge in [0.1, 0.15) is 5.75 Å². The highest BCUT2D eigenvalue weighted by atomic mass is 16.5. The molecule has 0 saturated carbocycles. The maximum atomic E-state index is 12.3. The molecule has 0 bridgehead atoms. The van der Waals surface area contributed by atoms with E-state index in [0.29, 0.717) is 0 Å². The van der Waals surface area contributed by atoms with Gasteiger partial charge in [0.2, 0.25) is 0 Å². The molecule has 1 rings (SSSR count). The van der Waals surface area contributed by atoms with Crippen molar-refractivity contribution in [3.05, 3.63) is 29.3 Å². The van der Waals surface area contributed by atoms with E-state index in [1.54, 1.807) is 7.11 Å². The molecule has 1 N–H and O–H groups in total. The van der Waals surface area contributed by atoms with Crippen molar-refractivity contribution < 1.29 is 9.53 Å². The molecular formula is C15H23NO2. The van der Waals surface area contributed by atoms with E-state index in [4.69, 9.17) is 4.74 Å². The summed E-state index contributed by atoms with van der Waals surface area (Å²) in [6, 6.07) is 5.33. The van der Waals surface area contributed by atoms with Crippen LogP contribution in [0.4, 0.5) is 0 Å². The van der Waals surface area contributed by atoms with Gasteiger partial charge in [0.05, 0.1) is 13.2 Å². The maximum absolute atomic E-state index is 12.3. The Labute approximate surface area is 110 Å². The molecule has 3 heteroatoms. The molecule has 1 aromatic rings. The lowest BCUT2D eigenvalue weighted by Crippen LogP contribution is -2.46. The van der Waals surface area contributed by atoms with Crippen molar-refractivity contribution in [2.75, 3.05) is 7.11 Å². The molecule has 0 aliphatic rings. The van der Waals surface area contributed by atoms with E-state index >= 15 is 0 Å². The van der Waals surface area contributed by atoms with Crippen molar-refractivity contribution >= 4 is 5.78 Å². The lowest BCUT2D eigenvalue weighted by atomic mass is 10.00. The van der Waals surface area contributed by atoms with Crippen LogP contribution in [0.2, 0.25) is 0 Å². The normalized spacial score (nSPS) is 13.2. The van der Waals surface area contributed by atoms with Gasteiger partial charge >= 0.3 is 0 Å². The van der Waals surface area contributed by atoms with Crippen molar-refractivity contribution in [1.82, 2.24) is 5.32 Å². The summed E-state index contributed by atoms with van der Waals surface area (Å²) in [4.78, 5) is 12.3. The minimum absolute atomic E-state index is 0.0728. The molecule has 0 aromatic heterocycles. The largest absolute Gasteiger partial charge is 0.496 e. The number of hydrogen-bond donors (Lipinski definition) is 1. The van der Waals surface area contributed by atoms with Crippen molar-refractivity contribution in [2.24, 2.45) is 0 Å². The molecular weight excluding hydrogens is 226 g/mol. The molecule has 0 saturated heterocycles. The molecule has 0 aliphatic heterocycles. The van der Waals surface area contributed by atoms with Crippen molar-refractivity contribution in [3.8, 4) is 5.75 Å². The number of carbonyl (C=O) groups is 1. The van der Waals surface area contributed by atoms with E-state index in [2.05, 4.69) is 26.1 Å². The zero-order valence-corrected chi connectivity index (χ0v) is 12.1. The highest BCUT2D eigenvalue weighted by Gasteiger charge is 2.20. The van der Waals surface area contributed by atoms with E-state index in [1.807, 2.05) is 32.0 Å². The number of ether oxygens (including phenoxy) is 1. The fourth-order valence-corrected chi connectivity index (χ4v) is 2.00. The van der Waals surface area contributed by atoms with E-state index in [1.165, 1.54) is 0 Å². The maximum Gasteiger partial charge on any atom is 0.179 e. The van der Waals surface area contributed by atoms with Gasteiger partial charge in [0.15, 0.2) is 5.78 Å². The fourth-order valence-electron chi connectivity index (χ4n) is 2.00. The van der Waals surface area contributed by atoms with Gasteiger partial charge in [-0.2, -0.15) is 0 Å². The van der Waals surface area contributed by atoms with Crippen LogP contribution >= 0.6 is 0 Å². The lowest BCUT2D eigenvalue weighted by molar-refractivity contribution is 0.0935. The van der Waals surface area contributed by atoms with Gasteiger partial charge in [-0.15, -0.1) is 0 Å². The zero-order valence-electron chi connectivity index (χ0n) is 12.1. The summed E-state index contributed by atoms with van der Waals surface area (Å²) in [5.74, 6) is 0.915. The van der Waals surface area contributed by atoms with Crippen LogP contribution in [0.15, 0.2) is 18.2 Å². The van der Waals surface area contributed by atoms with Gasteiger partial charge in [0.25, 0.3) is 0 Å². The predicted octanol–water partition coefficient (Wildman–Crippen LogP) is 2.96. The van der Waals surface area contributed by atoms with Gasteiger partial charge in [-0.3, -0.25) is 4.79 Å². The standard InChI is InChI=1S/C15H23NO2/c1-10-9-12(7-8-13(10)18-6)14(17)11(2)16-15(3,4)5/h7-9,11,16H,1-6H3. The number of methoxy groups -OCH3 is 1. The topological polar surface area (TPSA) is 38.3 Å². The van der Waals surface area contributed by atoms with E-state index in [-0.39, 0.29) is 17.4 Å². The predicted molar refractivity (Wildman–Crippen MR) is 74.4 cm³/mol. The van der Waals surface area contributed by atoms with Crippen molar-refractivity contribution in [3.63, 3.8) is 0 Å². The van der Waals surface area contributed by atoms with Gasteiger partial charge < -0.3 is 10.1 Å². The van der Waals surface area contributed by atoms with Gasteiger partial charge in [-0.25, -0.2) is 0 Å². The molecule has 1 aromatic carbocycles. The van der Waals surface area contributed by atoms with Crippen LogP contribution in [0.25, 0.3) is 0 Å². The Morgan fingerprint density at radius 1 is 1.33 bits per heavy atom. The quantitative estimate of drug-likeness (QED) is 0.834. The highest BCUT2D eigenvalue weighted by Crippen LogP contribution is 2.19. The van der Waals surface area contributed by atoms with Crippen LogP contribution in [-0.4, -0.2) is 24.5 Å². The van der Waals surface area contributed by atoms with E-state index in [9.17, 15) is 4.79 Å². The Bertz CT molecular complexity index is 433. The Kier molecular flexibility index (Phi) is 4.52. The fraction of sp³-hybridized carbons (Fsp3) is 0.533. The lowest BCUT2D eigenvalue weighted by Gasteiger charge is -2.25.